The first-order chi connectivity index (χ1) is 11.9. The van der Waals surface area contributed by atoms with Crippen molar-refractivity contribution in [3.63, 3.8) is 0 Å². The third-order valence-corrected chi connectivity index (χ3v) is 4.01. The Morgan fingerprint density at radius 3 is 1.48 bits per heavy atom. The number of alkyl halides is 6. The SMILES string of the molecule is CCOC(=O)C(C(F)(F)F)C(C)(C)OC.COC(C)(C)C(CO)C(F)(F)F. The molecule has 0 aliphatic rings. The van der Waals surface area contributed by atoms with Crippen LogP contribution in [0.5, 0.6) is 0 Å². The molecule has 0 saturated carbocycles. The summed E-state index contributed by atoms with van der Waals surface area (Å²) in [7, 11) is 2.31. The molecule has 0 rings (SSSR count). The number of methoxy groups -OCH3 is 2. The minimum Gasteiger partial charge on any atom is -0.465 e. The average molecular weight is 414 g/mol. The topological polar surface area (TPSA) is 65.0 Å². The summed E-state index contributed by atoms with van der Waals surface area (Å²) >= 11 is 0. The molecule has 0 fully saturated rings. The van der Waals surface area contributed by atoms with E-state index in [4.69, 9.17) is 5.11 Å². The Labute approximate surface area is 155 Å². The second-order valence-corrected chi connectivity index (χ2v) is 6.62. The Morgan fingerprint density at radius 2 is 1.30 bits per heavy atom. The lowest BCUT2D eigenvalue weighted by molar-refractivity contribution is -0.235. The van der Waals surface area contributed by atoms with Crippen LogP contribution in [0.25, 0.3) is 0 Å². The number of ether oxygens (including phenoxy) is 3. The minimum absolute atomic E-state index is 0.0921. The van der Waals surface area contributed by atoms with Crippen LogP contribution in [0.2, 0.25) is 0 Å². The van der Waals surface area contributed by atoms with E-state index in [1.54, 1.807) is 0 Å². The predicted molar refractivity (Wildman–Crippen MR) is 85.0 cm³/mol. The molecule has 1 N–H and O–H groups in total. The molecular weight excluding hydrogens is 386 g/mol. The van der Waals surface area contributed by atoms with Gasteiger partial charge in [-0.3, -0.25) is 4.79 Å². The van der Waals surface area contributed by atoms with Crippen LogP contribution in [-0.2, 0) is 19.0 Å². The van der Waals surface area contributed by atoms with Crippen LogP contribution in [0, 0.1) is 11.8 Å². The zero-order valence-corrected chi connectivity index (χ0v) is 16.4. The van der Waals surface area contributed by atoms with Crippen molar-refractivity contribution in [3.8, 4) is 0 Å². The molecule has 27 heavy (non-hydrogen) atoms. The molecule has 0 aromatic heterocycles. The monoisotopic (exact) mass is 414 g/mol. The van der Waals surface area contributed by atoms with Crippen LogP contribution in [0.1, 0.15) is 34.6 Å². The molecule has 0 radical (unpaired) electrons. The molecule has 0 aliphatic carbocycles. The van der Waals surface area contributed by atoms with Crippen molar-refractivity contribution < 1.29 is 50.5 Å². The number of aliphatic hydroxyl groups excluding tert-OH is 1. The van der Waals surface area contributed by atoms with Crippen molar-refractivity contribution in [2.45, 2.75) is 58.2 Å². The van der Waals surface area contributed by atoms with Crippen LogP contribution in [-0.4, -0.2) is 62.1 Å². The maximum absolute atomic E-state index is 12.6. The van der Waals surface area contributed by atoms with Crippen LogP contribution >= 0.6 is 0 Å². The van der Waals surface area contributed by atoms with Gasteiger partial charge in [0.2, 0.25) is 0 Å². The molecule has 0 saturated heterocycles. The fraction of sp³-hybridized carbons (Fsp3) is 0.938. The van der Waals surface area contributed by atoms with Crippen LogP contribution in [0.15, 0.2) is 0 Å². The van der Waals surface area contributed by atoms with Crippen molar-refractivity contribution in [1.82, 2.24) is 0 Å². The van der Waals surface area contributed by atoms with Gasteiger partial charge in [0.05, 0.1) is 24.4 Å². The van der Waals surface area contributed by atoms with Crippen molar-refractivity contribution in [1.29, 1.82) is 0 Å². The summed E-state index contributed by atoms with van der Waals surface area (Å²) in [6.07, 6.45) is -9.10. The molecular formula is C16H28F6O5. The fourth-order valence-electron chi connectivity index (χ4n) is 2.01. The standard InChI is InChI=1S/C9H15F3O3.C7H13F3O2/c1-5-15-7(13)6(9(10,11)12)8(2,3)14-4;1-6(2,12-3)5(4-11)7(8,9)10/h6H,5H2,1-4H3;5,11H,4H2,1-3H3. The van der Waals surface area contributed by atoms with Crippen LogP contribution in [0.4, 0.5) is 26.3 Å². The van der Waals surface area contributed by atoms with Gasteiger partial charge in [0.15, 0.2) is 5.92 Å². The Bertz CT molecular complexity index is 446. The van der Waals surface area contributed by atoms with Gasteiger partial charge in [-0.25, -0.2) is 0 Å². The van der Waals surface area contributed by atoms with Crippen LogP contribution < -0.4 is 0 Å². The molecule has 5 nitrogen and oxygen atoms in total. The first-order valence-corrected chi connectivity index (χ1v) is 7.93. The molecule has 2 atom stereocenters. The highest BCUT2D eigenvalue weighted by atomic mass is 19.4. The first kappa shape index (κ1) is 28.1. The van der Waals surface area contributed by atoms with E-state index in [-0.39, 0.29) is 6.61 Å². The van der Waals surface area contributed by atoms with E-state index < -0.39 is 48.0 Å². The zero-order chi connectivity index (χ0) is 22.3. The molecule has 0 amide bonds. The summed E-state index contributed by atoms with van der Waals surface area (Å²) in [6, 6.07) is 0. The number of hydrogen-bond acceptors (Lipinski definition) is 5. The maximum Gasteiger partial charge on any atom is 0.405 e. The smallest absolute Gasteiger partial charge is 0.405 e. The summed E-state index contributed by atoms with van der Waals surface area (Å²) in [5.41, 5.74) is -3.02. The van der Waals surface area contributed by atoms with E-state index in [2.05, 4.69) is 14.2 Å². The molecule has 2 unspecified atom stereocenters. The van der Waals surface area contributed by atoms with Gasteiger partial charge in [0.25, 0.3) is 0 Å². The van der Waals surface area contributed by atoms with Crippen LogP contribution in [0.3, 0.4) is 0 Å². The molecule has 0 aromatic rings. The van der Waals surface area contributed by atoms with Gasteiger partial charge in [-0.05, 0) is 34.6 Å². The zero-order valence-electron chi connectivity index (χ0n) is 16.4. The van der Waals surface area contributed by atoms with E-state index in [1.165, 1.54) is 41.7 Å². The normalized spacial score (nSPS) is 15.5. The molecule has 164 valence electrons. The number of hydrogen-bond donors (Lipinski definition) is 1. The average Bonchev–Trinajstić information content (AvgIpc) is 2.45. The molecule has 0 aromatic carbocycles. The van der Waals surface area contributed by atoms with E-state index >= 15 is 0 Å². The van der Waals surface area contributed by atoms with Gasteiger partial charge < -0.3 is 19.3 Å². The number of rotatable bonds is 7. The highest BCUT2D eigenvalue weighted by molar-refractivity contribution is 5.74. The molecule has 0 bridgehead atoms. The lowest BCUT2D eigenvalue weighted by Gasteiger charge is -2.32. The Kier molecular flexibility index (Phi) is 10.9. The highest BCUT2D eigenvalue weighted by Crippen LogP contribution is 2.37. The minimum atomic E-state index is -4.67. The highest BCUT2D eigenvalue weighted by Gasteiger charge is 2.55. The number of aliphatic hydroxyl groups is 1. The number of carbonyl (C=O) groups excluding carboxylic acids is 1. The number of esters is 1. The predicted octanol–water partition coefficient (Wildman–Crippen LogP) is 3.74. The van der Waals surface area contributed by atoms with E-state index in [0.29, 0.717) is 0 Å². The fourth-order valence-corrected chi connectivity index (χ4v) is 2.01. The Balaban J connectivity index is 0. The lowest BCUT2D eigenvalue weighted by atomic mass is 9.90. The van der Waals surface area contributed by atoms with E-state index in [0.717, 1.165) is 7.11 Å². The second kappa shape index (κ2) is 10.5. The first-order valence-electron chi connectivity index (χ1n) is 7.93. The largest absolute Gasteiger partial charge is 0.465 e. The molecule has 0 heterocycles. The lowest BCUT2D eigenvalue weighted by Crippen LogP contribution is -2.48. The maximum atomic E-state index is 12.6. The van der Waals surface area contributed by atoms with Gasteiger partial charge in [0, 0.05) is 14.2 Å². The van der Waals surface area contributed by atoms with Crippen molar-refractivity contribution in [2.75, 3.05) is 27.4 Å². The molecule has 11 heteroatoms. The van der Waals surface area contributed by atoms with Crippen molar-refractivity contribution >= 4 is 5.97 Å². The second-order valence-electron chi connectivity index (χ2n) is 6.62. The van der Waals surface area contributed by atoms with Gasteiger partial charge in [0.1, 0.15) is 5.92 Å². The number of carbonyl (C=O) groups is 1. The molecule has 0 aliphatic heterocycles. The molecule has 0 spiro atoms. The third kappa shape index (κ3) is 9.11. The van der Waals surface area contributed by atoms with Gasteiger partial charge in [-0.2, -0.15) is 26.3 Å². The summed E-state index contributed by atoms with van der Waals surface area (Å²) in [5, 5.41) is 8.53. The quantitative estimate of drug-likeness (QED) is 0.508. The van der Waals surface area contributed by atoms with Crippen molar-refractivity contribution in [3.05, 3.63) is 0 Å². The summed E-state index contributed by atoms with van der Waals surface area (Å²) in [4.78, 5) is 11.2. The Hall–Kier alpha value is -1.07. The third-order valence-electron chi connectivity index (χ3n) is 4.01. The summed E-state index contributed by atoms with van der Waals surface area (Å²) in [5.74, 6) is -5.42. The van der Waals surface area contributed by atoms with Crippen molar-refractivity contribution in [2.24, 2.45) is 11.8 Å². The van der Waals surface area contributed by atoms with Gasteiger partial charge >= 0.3 is 18.3 Å². The Morgan fingerprint density at radius 1 is 0.889 bits per heavy atom. The van der Waals surface area contributed by atoms with Gasteiger partial charge in [-0.1, -0.05) is 0 Å². The summed E-state index contributed by atoms with van der Waals surface area (Å²) in [6.45, 7) is 5.38. The number of halogens is 6. The summed E-state index contributed by atoms with van der Waals surface area (Å²) < 4.78 is 88.0. The van der Waals surface area contributed by atoms with E-state index in [1.807, 2.05) is 0 Å². The van der Waals surface area contributed by atoms with Gasteiger partial charge in [-0.15, -0.1) is 0 Å². The van der Waals surface area contributed by atoms with E-state index in [9.17, 15) is 31.1 Å².